The average Bonchev–Trinajstić information content (AvgIpc) is 2.98. The van der Waals surface area contributed by atoms with Crippen LogP contribution in [0.5, 0.6) is 0 Å². The quantitative estimate of drug-likeness (QED) is 0.759. The summed E-state index contributed by atoms with van der Waals surface area (Å²) in [5.74, 6) is -1.37. The van der Waals surface area contributed by atoms with Gasteiger partial charge in [-0.25, -0.2) is 4.98 Å². The third-order valence-corrected chi connectivity index (χ3v) is 3.56. The molecule has 2 rings (SSSR count). The molecule has 0 aromatic carbocycles. The average molecular weight is 310 g/mol. The van der Waals surface area contributed by atoms with Gasteiger partial charge in [-0.3, -0.25) is 4.79 Å². The van der Waals surface area contributed by atoms with Gasteiger partial charge in [-0.1, -0.05) is 36.2 Å². The number of tetrazole rings is 1. The minimum atomic E-state index is -0.853. The smallest absolute Gasteiger partial charge is 0.307 e. The van der Waals surface area contributed by atoms with Gasteiger partial charge in [0.25, 0.3) is 0 Å². The molecule has 112 valence electrons. The number of rotatable bonds is 7. The Labute approximate surface area is 126 Å². The monoisotopic (exact) mass is 309 g/mol. The summed E-state index contributed by atoms with van der Waals surface area (Å²) in [5.41, 5.74) is 0.886. The zero-order valence-electron chi connectivity index (χ0n) is 11.5. The minimum Gasteiger partial charge on any atom is -0.481 e. The first-order chi connectivity index (χ1) is 10.1. The number of carboxylic acid groups (broad SMARTS) is 1. The van der Waals surface area contributed by atoms with Gasteiger partial charge in [-0.05, 0) is 24.5 Å². The highest BCUT2D eigenvalue weighted by atomic mass is 35.5. The van der Waals surface area contributed by atoms with Crippen molar-refractivity contribution in [2.24, 2.45) is 5.92 Å². The number of carboxylic acids is 1. The van der Waals surface area contributed by atoms with E-state index in [1.54, 1.807) is 12.3 Å². The van der Waals surface area contributed by atoms with E-state index in [0.717, 1.165) is 12.0 Å². The van der Waals surface area contributed by atoms with Crippen LogP contribution in [0.3, 0.4) is 0 Å². The Morgan fingerprint density at radius 2 is 2.29 bits per heavy atom. The molecule has 8 heteroatoms. The maximum absolute atomic E-state index is 11.5. The fourth-order valence-corrected chi connectivity index (χ4v) is 2.44. The van der Waals surface area contributed by atoms with Gasteiger partial charge in [0.1, 0.15) is 5.15 Å². The number of halogens is 1. The van der Waals surface area contributed by atoms with E-state index in [0.29, 0.717) is 23.8 Å². The molecule has 0 aliphatic heterocycles. The molecule has 21 heavy (non-hydrogen) atoms. The van der Waals surface area contributed by atoms with Crippen LogP contribution in [0.25, 0.3) is 0 Å². The maximum atomic E-state index is 11.5. The maximum Gasteiger partial charge on any atom is 0.307 e. The number of nitrogens with zero attached hydrogens (tertiary/aromatic N) is 4. The molecule has 2 aromatic rings. The Morgan fingerprint density at radius 3 is 2.81 bits per heavy atom. The minimum absolute atomic E-state index is 0.357. The topological polar surface area (TPSA) is 105 Å². The second kappa shape index (κ2) is 7.12. The predicted octanol–water partition coefficient (Wildman–Crippen LogP) is 2.08. The molecule has 0 aliphatic carbocycles. The molecular formula is C13H16ClN5O2. The van der Waals surface area contributed by atoms with Gasteiger partial charge in [0, 0.05) is 12.1 Å². The van der Waals surface area contributed by atoms with Gasteiger partial charge in [0.15, 0.2) is 5.82 Å². The lowest BCUT2D eigenvalue weighted by atomic mass is 9.83. The summed E-state index contributed by atoms with van der Waals surface area (Å²) >= 11 is 5.77. The van der Waals surface area contributed by atoms with Crippen LogP contribution >= 0.6 is 11.6 Å². The van der Waals surface area contributed by atoms with E-state index < -0.39 is 11.9 Å². The molecule has 2 aromatic heterocycles. The molecular weight excluding hydrogens is 294 g/mol. The van der Waals surface area contributed by atoms with Crippen LogP contribution in [0.4, 0.5) is 0 Å². The van der Waals surface area contributed by atoms with E-state index in [2.05, 4.69) is 25.6 Å². The van der Waals surface area contributed by atoms with Crippen LogP contribution in [0.2, 0.25) is 5.15 Å². The van der Waals surface area contributed by atoms with Crippen LogP contribution in [0.1, 0.15) is 37.1 Å². The first kappa shape index (κ1) is 15.4. The van der Waals surface area contributed by atoms with Crippen LogP contribution in [-0.4, -0.2) is 36.7 Å². The number of nitrogens with one attached hydrogen (secondary N) is 1. The zero-order chi connectivity index (χ0) is 15.2. The van der Waals surface area contributed by atoms with Gasteiger partial charge in [-0.2, -0.15) is 5.21 Å². The van der Waals surface area contributed by atoms with Gasteiger partial charge in [-0.15, -0.1) is 10.2 Å². The molecule has 0 saturated carbocycles. The molecule has 0 radical (unpaired) electrons. The summed E-state index contributed by atoms with van der Waals surface area (Å²) in [7, 11) is 0. The largest absolute Gasteiger partial charge is 0.481 e. The first-order valence-corrected chi connectivity index (χ1v) is 7.06. The zero-order valence-corrected chi connectivity index (χ0v) is 12.3. The number of pyridine rings is 1. The second-order valence-electron chi connectivity index (χ2n) is 4.80. The van der Waals surface area contributed by atoms with E-state index >= 15 is 0 Å². The Kier molecular flexibility index (Phi) is 5.21. The molecule has 0 spiro atoms. The fourth-order valence-electron chi connectivity index (χ4n) is 2.33. The number of H-pyrrole nitrogens is 1. The van der Waals surface area contributed by atoms with Gasteiger partial charge >= 0.3 is 5.97 Å². The Morgan fingerprint density at radius 1 is 1.48 bits per heavy atom. The number of hydrogen-bond acceptors (Lipinski definition) is 5. The van der Waals surface area contributed by atoms with Crippen molar-refractivity contribution >= 4 is 17.6 Å². The van der Waals surface area contributed by atoms with Gasteiger partial charge in [0.2, 0.25) is 0 Å². The highest BCUT2D eigenvalue weighted by molar-refractivity contribution is 6.29. The van der Waals surface area contributed by atoms with Crippen molar-refractivity contribution in [3.8, 4) is 0 Å². The molecule has 2 N–H and O–H groups in total. The molecule has 0 amide bonds. The standard InChI is InChI=1S/C13H16ClN5O2/c1-2-3-9(13(20)21)10(12-16-18-19-17-12)6-8-4-5-11(14)15-7-8/h4-5,7,9-10H,2-3,6H2,1H3,(H,20,21)(H,16,17,18,19). The highest BCUT2D eigenvalue weighted by Gasteiger charge is 2.31. The van der Waals surface area contributed by atoms with Crippen molar-refractivity contribution in [1.29, 1.82) is 0 Å². The molecule has 0 saturated heterocycles. The van der Waals surface area contributed by atoms with Crippen LogP contribution in [-0.2, 0) is 11.2 Å². The normalized spacial score (nSPS) is 13.8. The second-order valence-corrected chi connectivity index (χ2v) is 5.19. The van der Waals surface area contributed by atoms with Crippen molar-refractivity contribution in [1.82, 2.24) is 25.6 Å². The molecule has 2 heterocycles. The van der Waals surface area contributed by atoms with E-state index in [1.807, 2.05) is 13.0 Å². The molecule has 0 aliphatic rings. The van der Waals surface area contributed by atoms with E-state index in [-0.39, 0.29) is 5.92 Å². The molecule has 0 bridgehead atoms. The van der Waals surface area contributed by atoms with E-state index in [9.17, 15) is 9.90 Å². The summed E-state index contributed by atoms with van der Waals surface area (Å²) in [5, 5.41) is 23.7. The van der Waals surface area contributed by atoms with Crippen molar-refractivity contribution in [2.45, 2.75) is 32.1 Å². The Hall–Kier alpha value is -2.02. The summed E-state index contributed by atoms with van der Waals surface area (Å²) < 4.78 is 0. The molecule has 0 fully saturated rings. The van der Waals surface area contributed by atoms with Crippen molar-refractivity contribution in [3.63, 3.8) is 0 Å². The number of aromatic amines is 1. The number of carbonyl (C=O) groups is 1. The summed E-state index contributed by atoms with van der Waals surface area (Å²) in [4.78, 5) is 15.6. The lowest BCUT2D eigenvalue weighted by molar-refractivity contribution is -0.142. The SMILES string of the molecule is CCCC(C(=O)O)C(Cc1ccc(Cl)nc1)c1nn[nH]n1. The molecule has 7 nitrogen and oxygen atoms in total. The lowest BCUT2D eigenvalue weighted by Crippen LogP contribution is -2.25. The molecule has 2 unspecified atom stereocenters. The Bertz CT molecular complexity index is 573. The Balaban J connectivity index is 2.27. The van der Waals surface area contributed by atoms with Crippen LogP contribution < -0.4 is 0 Å². The van der Waals surface area contributed by atoms with Crippen LogP contribution in [0.15, 0.2) is 18.3 Å². The number of aromatic nitrogens is 5. The van der Waals surface area contributed by atoms with Crippen molar-refractivity contribution in [3.05, 3.63) is 34.9 Å². The third kappa shape index (κ3) is 3.98. The highest BCUT2D eigenvalue weighted by Crippen LogP contribution is 2.29. The van der Waals surface area contributed by atoms with Crippen LogP contribution in [0, 0.1) is 5.92 Å². The summed E-state index contributed by atoms with van der Waals surface area (Å²) in [6.07, 6.45) is 3.43. The summed E-state index contributed by atoms with van der Waals surface area (Å²) in [6, 6.07) is 3.51. The van der Waals surface area contributed by atoms with E-state index in [1.165, 1.54) is 0 Å². The van der Waals surface area contributed by atoms with E-state index in [4.69, 9.17) is 11.6 Å². The van der Waals surface area contributed by atoms with Crippen molar-refractivity contribution in [2.75, 3.05) is 0 Å². The number of aliphatic carboxylic acids is 1. The lowest BCUT2D eigenvalue weighted by Gasteiger charge is -2.20. The predicted molar refractivity (Wildman–Crippen MR) is 75.9 cm³/mol. The first-order valence-electron chi connectivity index (χ1n) is 6.68. The van der Waals surface area contributed by atoms with Gasteiger partial charge in [0.05, 0.1) is 5.92 Å². The number of hydrogen-bond donors (Lipinski definition) is 2. The summed E-state index contributed by atoms with van der Waals surface area (Å²) in [6.45, 7) is 1.95. The van der Waals surface area contributed by atoms with Gasteiger partial charge < -0.3 is 5.11 Å². The molecule has 2 atom stereocenters. The fraction of sp³-hybridized carbons (Fsp3) is 0.462. The van der Waals surface area contributed by atoms with Crippen molar-refractivity contribution < 1.29 is 9.90 Å². The third-order valence-electron chi connectivity index (χ3n) is 3.34.